The Labute approximate surface area is 107 Å². The number of amides is 2. The third kappa shape index (κ3) is 2.59. The molecule has 0 radical (unpaired) electrons. The van der Waals surface area contributed by atoms with E-state index in [1.54, 1.807) is 0 Å². The lowest BCUT2D eigenvalue weighted by Crippen LogP contribution is -2.31. The summed E-state index contributed by atoms with van der Waals surface area (Å²) in [7, 11) is 0. The van der Waals surface area contributed by atoms with E-state index in [0.717, 1.165) is 18.4 Å². The Hall–Kier alpha value is -1.68. The van der Waals surface area contributed by atoms with Crippen LogP contribution in [0, 0.1) is 0 Å². The summed E-state index contributed by atoms with van der Waals surface area (Å²) in [5.41, 5.74) is 6.34. The van der Waals surface area contributed by atoms with Gasteiger partial charge in [0.15, 0.2) is 0 Å². The van der Waals surface area contributed by atoms with Crippen LogP contribution in [0.25, 0.3) is 0 Å². The molecule has 96 valence electrons. The molecule has 1 aliphatic heterocycles. The maximum atomic E-state index is 12.2. The van der Waals surface area contributed by atoms with E-state index in [-0.39, 0.29) is 17.7 Å². The van der Waals surface area contributed by atoms with Crippen LogP contribution in [0.1, 0.15) is 30.7 Å². The fourth-order valence-corrected chi connectivity index (χ4v) is 2.28. The van der Waals surface area contributed by atoms with Gasteiger partial charge in [0, 0.05) is 13.0 Å². The Morgan fingerprint density at radius 2 is 1.89 bits per heavy atom. The summed E-state index contributed by atoms with van der Waals surface area (Å²) < 4.78 is 0. The molecule has 4 heteroatoms. The zero-order valence-corrected chi connectivity index (χ0v) is 10.3. The standard InChI is InChI=1S/C14H18N2O2/c15-8-4-5-9-16-13(17)10-12(14(16)18)11-6-2-1-3-7-11/h1-3,6-7,12H,4-5,8-10,15H2. The second-order valence-corrected chi connectivity index (χ2v) is 4.55. The van der Waals surface area contributed by atoms with E-state index < -0.39 is 0 Å². The highest BCUT2D eigenvalue weighted by atomic mass is 16.2. The Morgan fingerprint density at radius 3 is 2.56 bits per heavy atom. The van der Waals surface area contributed by atoms with Crippen LogP contribution < -0.4 is 5.73 Å². The van der Waals surface area contributed by atoms with Gasteiger partial charge in [0.1, 0.15) is 0 Å². The Morgan fingerprint density at radius 1 is 1.17 bits per heavy atom. The highest BCUT2D eigenvalue weighted by Crippen LogP contribution is 2.29. The van der Waals surface area contributed by atoms with Gasteiger partial charge in [-0.1, -0.05) is 30.3 Å². The predicted octanol–water partition coefficient (Wildman–Crippen LogP) is 1.27. The molecule has 1 saturated heterocycles. The number of hydrogen-bond donors (Lipinski definition) is 1. The van der Waals surface area contributed by atoms with Gasteiger partial charge in [0.25, 0.3) is 0 Å². The smallest absolute Gasteiger partial charge is 0.237 e. The molecule has 1 aromatic carbocycles. The van der Waals surface area contributed by atoms with Crippen molar-refractivity contribution in [2.45, 2.75) is 25.2 Å². The van der Waals surface area contributed by atoms with Crippen LogP contribution in [0.4, 0.5) is 0 Å². The average molecular weight is 246 g/mol. The van der Waals surface area contributed by atoms with Gasteiger partial charge in [-0.15, -0.1) is 0 Å². The quantitative estimate of drug-likeness (QED) is 0.628. The molecule has 0 saturated carbocycles. The van der Waals surface area contributed by atoms with Crippen molar-refractivity contribution in [3.05, 3.63) is 35.9 Å². The van der Waals surface area contributed by atoms with Crippen LogP contribution in [0.15, 0.2) is 30.3 Å². The molecule has 0 aromatic heterocycles. The zero-order valence-electron chi connectivity index (χ0n) is 10.3. The van der Waals surface area contributed by atoms with Crippen molar-refractivity contribution in [3.8, 4) is 0 Å². The van der Waals surface area contributed by atoms with Crippen LogP contribution in [0.3, 0.4) is 0 Å². The summed E-state index contributed by atoms with van der Waals surface area (Å²) in [4.78, 5) is 25.4. The molecule has 1 heterocycles. The predicted molar refractivity (Wildman–Crippen MR) is 68.8 cm³/mol. The first-order valence-corrected chi connectivity index (χ1v) is 6.33. The Bertz CT molecular complexity index is 431. The van der Waals surface area contributed by atoms with Gasteiger partial charge in [-0.05, 0) is 24.9 Å². The molecule has 2 N–H and O–H groups in total. The number of hydrogen-bond acceptors (Lipinski definition) is 3. The first-order chi connectivity index (χ1) is 8.74. The molecule has 1 unspecified atom stereocenters. The SMILES string of the molecule is NCCCCN1C(=O)CC(c2ccccc2)C1=O. The van der Waals surface area contributed by atoms with E-state index >= 15 is 0 Å². The summed E-state index contributed by atoms with van der Waals surface area (Å²) in [6, 6.07) is 9.50. The van der Waals surface area contributed by atoms with Gasteiger partial charge in [-0.2, -0.15) is 0 Å². The van der Waals surface area contributed by atoms with Crippen molar-refractivity contribution in [2.24, 2.45) is 5.73 Å². The van der Waals surface area contributed by atoms with Gasteiger partial charge in [-0.3, -0.25) is 14.5 Å². The molecule has 4 nitrogen and oxygen atoms in total. The lowest BCUT2D eigenvalue weighted by atomic mass is 9.98. The zero-order chi connectivity index (χ0) is 13.0. The van der Waals surface area contributed by atoms with Gasteiger partial charge in [0.2, 0.25) is 11.8 Å². The molecule has 0 spiro atoms. The number of benzene rings is 1. The third-order valence-corrected chi connectivity index (χ3v) is 3.28. The number of nitrogens with zero attached hydrogens (tertiary/aromatic N) is 1. The first-order valence-electron chi connectivity index (χ1n) is 6.33. The molecule has 2 amide bonds. The maximum absolute atomic E-state index is 12.2. The number of carbonyl (C=O) groups is 2. The third-order valence-electron chi connectivity index (χ3n) is 3.28. The summed E-state index contributed by atoms with van der Waals surface area (Å²) in [5.74, 6) is -0.425. The number of imide groups is 1. The van der Waals surface area contributed by atoms with E-state index in [4.69, 9.17) is 5.73 Å². The topological polar surface area (TPSA) is 63.4 Å². The minimum absolute atomic E-state index is 0.0640. The fraction of sp³-hybridized carbons (Fsp3) is 0.429. The lowest BCUT2D eigenvalue weighted by molar-refractivity contribution is -0.138. The van der Waals surface area contributed by atoms with Gasteiger partial charge >= 0.3 is 0 Å². The maximum Gasteiger partial charge on any atom is 0.237 e. The first kappa shape index (κ1) is 12.8. The minimum Gasteiger partial charge on any atom is -0.330 e. The van der Waals surface area contributed by atoms with E-state index in [9.17, 15) is 9.59 Å². The van der Waals surface area contributed by atoms with Crippen molar-refractivity contribution in [1.82, 2.24) is 4.90 Å². The number of carbonyl (C=O) groups excluding carboxylic acids is 2. The number of unbranched alkanes of at least 4 members (excludes halogenated alkanes) is 1. The molecular weight excluding hydrogens is 228 g/mol. The van der Waals surface area contributed by atoms with Crippen molar-refractivity contribution in [1.29, 1.82) is 0 Å². The molecule has 18 heavy (non-hydrogen) atoms. The number of nitrogens with two attached hydrogens (primary N) is 1. The number of rotatable bonds is 5. The fourth-order valence-electron chi connectivity index (χ4n) is 2.28. The summed E-state index contributed by atoms with van der Waals surface area (Å²) in [6.07, 6.45) is 1.92. The Balaban J connectivity index is 2.05. The van der Waals surface area contributed by atoms with E-state index in [0.29, 0.717) is 19.5 Å². The van der Waals surface area contributed by atoms with Crippen LogP contribution in [0.2, 0.25) is 0 Å². The summed E-state index contributed by atoms with van der Waals surface area (Å²) >= 11 is 0. The second-order valence-electron chi connectivity index (χ2n) is 4.55. The van der Waals surface area contributed by atoms with E-state index in [1.165, 1.54) is 4.90 Å². The van der Waals surface area contributed by atoms with Crippen molar-refractivity contribution in [3.63, 3.8) is 0 Å². The molecule has 1 aromatic rings. The molecular formula is C14H18N2O2. The molecule has 0 bridgehead atoms. The van der Waals surface area contributed by atoms with Crippen LogP contribution in [0.5, 0.6) is 0 Å². The van der Waals surface area contributed by atoms with Crippen LogP contribution in [-0.2, 0) is 9.59 Å². The Kier molecular flexibility index (Phi) is 4.10. The van der Waals surface area contributed by atoms with E-state index in [2.05, 4.69) is 0 Å². The van der Waals surface area contributed by atoms with Crippen LogP contribution in [-0.4, -0.2) is 29.8 Å². The largest absolute Gasteiger partial charge is 0.330 e. The normalized spacial score (nSPS) is 19.6. The highest BCUT2D eigenvalue weighted by molar-refractivity contribution is 6.06. The van der Waals surface area contributed by atoms with Gasteiger partial charge in [-0.25, -0.2) is 0 Å². The minimum atomic E-state index is -0.295. The van der Waals surface area contributed by atoms with Crippen molar-refractivity contribution in [2.75, 3.05) is 13.1 Å². The average Bonchev–Trinajstić information content (AvgIpc) is 2.68. The summed E-state index contributed by atoms with van der Waals surface area (Å²) in [5, 5.41) is 0. The lowest BCUT2D eigenvalue weighted by Gasteiger charge is -2.14. The molecule has 1 fully saturated rings. The summed E-state index contributed by atoms with van der Waals surface area (Å²) in [6.45, 7) is 1.09. The van der Waals surface area contributed by atoms with E-state index in [1.807, 2.05) is 30.3 Å². The molecule has 1 aliphatic rings. The molecule has 0 aliphatic carbocycles. The highest BCUT2D eigenvalue weighted by Gasteiger charge is 2.38. The van der Waals surface area contributed by atoms with Gasteiger partial charge < -0.3 is 5.73 Å². The van der Waals surface area contributed by atoms with Crippen molar-refractivity contribution < 1.29 is 9.59 Å². The second kappa shape index (κ2) is 5.78. The van der Waals surface area contributed by atoms with Crippen LogP contribution >= 0.6 is 0 Å². The molecule has 2 rings (SSSR count). The molecule has 1 atom stereocenters. The number of likely N-dealkylation sites (tertiary alicyclic amines) is 1. The monoisotopic (exact) mass is 246 g/mol. The van der Waals surface area contributed by atoms with Gasteiger partial charge in [0.05, 0.1) is 5.92 Å². The van der Waals surface area contributed by atoms with Crippen molar-refractivity contribution >= 4 is 11.8 Å².